The van der Waals surface area contributed by atoms with E-state index in [0.717, 1.165) is 96.6 Å². The van der Waals surface area contributed by atoms with Gasteiger partial charge in [-0.15, -0.1) is 10.2 Å². The van der Waals surface area contributed by atoms with Gasteiger partial charge in [0.25, 0.3) is 0 Å². The summed E-state index contributed by atoms with van der Waals surface area (Å²) in [6.07, 6.45) is 7.37. The second kappa shape index (κ2) is 15.4. The number of piperidine rings is 1. The third-order valence-electron chi connectivity index (χ3n) is 9.36. The maximum atomic E-state index is 13.0. The number of nitrogens with zero attached hydrogens (tertiary/aromatic N) is 6. The van der Waals surface area contributed by atoms with Crippen molar-refractivity contribution < 1.29 is 19.1 Å². The van der Waals surface area contributed by atoms with Crippen molar-refractivity contribution in [1.29, 1.82) is 0 Å². The number of amides is 1. The predicted molar refractivity (Wildman–Crippen MR) is 179 cm³/mol. The lowest BCUT2D eigenvalue weighted by molar-refractivity contribution is 0.0140. The Morgan fingerprint density at radius 1 is 0.935 bits per heavy atom. The zero-order valence-corrected chi connectivity index (χ0v) is 28.2. The van der Waals surface area contributed by atoms with Gasteiger partial charge in [-0.05, 0) is 108 Å². The monoisotopic (exact) mass is 650 g/mol. The Hall–Kier alpha value is -3.42. The van der Waals surface area contributed by atoms with Crippen molar-refractivity contribution in [1.82, 2.24) is 20.0 Å². The summed E-state index contributed by atoms with van der Waals surface area (Å²) in [6, 6.07) is 8.96. The highest BCUT2D eigenvalue weighted by Gasteiger charge is 2.28. The minimum atomic E-state index is -0.460. The van der Waals surface area contributed by atoms with Crippen LogP contribution >= 0.6 is 11.6 Å². The minimum Gasteiger partial charge on any atom is -0.490 e. The number of carbonyl (C=O) groups excluding carboxylic acids is 2. The van der Waals surface area contributed by atoms with Gasteiger partial charge in [-0.2, -0.15) is 0 Å². The van der Waals surface area contributed by atoms with E-state index in [2.05, 4.69) is 24.8 Å². The number of aromatic nitrogens is 2. The topological polar surface area (TPSA) is 92.5 Å². The molecule has 0 unspecified atom stereocenters. The molecule has 0 bridgehead atoms. The van der Waals surface area contributed by atoms with Crippen LogP contribution in [-0.4, -0.2) is 89.4 Å². The summed E-state index contributed by atoms with van der Waals surface area (Å²) in [6.45, 7) is 19.0. The summed E-state index contributed by atoms with van der Waals surface area (Å²) >= 11 is 6.15. The molecule has 5 rings (SSSR count). The molecule has 1 saturated carbocycles. The van der Waals surface area contributed by atoms with Crippen LogP contribution in [0.3, 0.4) is 0 Å². The zero-order valence-electron chi connectivity index (χ0n) is 27.4. The molecule has 248 valence electrons. The van der Waals surface area contributed by atoms with Gasteiger partial charge in [0.05, 0.1) is 17.7 Å². The molecule has 3 aliphatic rings. The van der Waals surface area contributed by atoms with E-state index < -0.39 is 5.60 Å². The van der Waals surface area contributed by atoms with Gasteiger partial charge in [0, 0.05) is 45.7 Å². The second-order valence-electron chi connectivity index (χ2n) is 13.9. The normalized spacial score (nSPS) is 21.5. The molecule has 1 aromatic carbocycles. The second-order valence-corrected chi connectivity index (χ2v) is 14.3. The maximum absolute atomic E-state index is 13.0. The van der Waals surface area contributed by atoms with Gasteiger partial charge in [-0.25, -0.2) is 9.64 Å². The number of halogens is 1. The summed E-state index contributed by atoms with van der Waals surface area (Å²) in [5.41, 5.74) is 0.407. The quantitative estimate of drug-likeness (QED) is 0.211. The van der Waals surface area contributed by atoms with E-state index in [1.807, 2.05) is 37.8 Å². The first-order valence-electron chi connectivity index (χ1n) is 16.7. The van der Waals surface area contributed by atoms with Crippen LogP contribution in [0.4, 0.5) is 16.3 Å². The summed E-state index contributed by atoms with van der Waals surface area (Å²) in [5.74, 6) is 2.57. The molecule has 0 radical (unpaired) electrons. The Bertz CT molecular complexity index is 1370. The van der Waals surface area contributed by atoms with E-state index in [1.54, 1.807) is 18.2 Å². The SMILES string of the molecule is [C-]#[N+]c1ccc(OC2CCC(CC(=O)c3ccc(N4CCC(CCN5CCN(C(=O)OC(C)(C)C)CC5)CC4)nn3)CC2)cc1Cl. The minimum absolute atomic E-state index is 0.0515. The maximum Gasteiger partial charge on any atom is 0.410 e. The molecule has 1 aromatic heterocycles. The van der Waals surface area contributed by atoms with Crippen LogP contribution in [0.2, 0.25) is 5.02 Å². The van der Waals surface area contributed by atoms with Gasteiger partial charge in [0.1, 0.15) is 17.0 Å². The van der Waals surface area contributed by atoms with Gasteiger partial charge < -0.3 is 19.3 Å². The number of rotatable bonds is 9. The lowest BCUT2D eigenvalue weighted by Crippen LogP contribution is -2.50. The third kappa shape index (κ3) is 9.55. The fraction of sp³-hybridized carbons (Fsp3) is 0.629. The largest absolute Gasteiger partial charge is 0.490 e. The Labute approximate surface area is 278 Å². The smallest absolute Gasteiger partial charge is 0.410 e. The first kappa shape index (κ1) is 33.9. The summed E-state index contributed by atoms with van der Waals surface area (Å²) < 4.78 is 11.6. The van der Waals surface area contributed by atoms with Crippen molar-refractivity contribution in [2.24, 2.45) is 11.8 Å². The Kier molecular flexibility index (Phi) is 11.4. The van der Waals surface area contributed by atoms with Crippen molar-refractivity contribution in [2.75, 3.05) is 50.7 Å². The molecule has 2 saturated heterocycles. The van der Waals surface area contributed by atoms with E-state index >= 15 is 0 Å². The molecule has 0 atom stereocenters. The highest BCUT2D eigenvalue weighted by atomic mass is 35.5. The number of anilines is 1. The Morgan fingerprint density at radius 2 is 1.65 bits per heavy atom. The van der Waals surface area contributed by atoms with Gasteiger partial charge in [0.15, 0.2) is 11.6 Å². The van der Waals surface area contributed by atoms with Gasteiger partial charge in [-0.1, -0.05) is 17.7 Å². The molecule has 0 N–H and O–H groups in total. The van der Waals surface area contributed by atoms with Crippen LogP contribution in [0.15, 0.2) is 30.3 Å². The van der Waals surface area contributed by atoms with E-state index in [4.69, 9.17) is 27.6 Å². The molecule has 46 heavy (non-hydrogen) atoms. The molecule has 2 aromatic rings. The fourth-order valence-corrected chi connectivity index (χ4v) is 6.82. The standard InChI is InChI=1S/C35H47ClN6O4/c1-35(2,3)46-34(44)42-21-19-40(20-22-42)16-13-25-14-17-41(18-15-25)33-12-11-31(38-39-33)32(43)23-26-5-7-27(8-6-26)45-28-9-10-30(37-4)29(36)24-28/h9-12,24-27H,5-8,13-23H2,1-3H3. The summed E-state index contributed by atoms with van der Waals surface area (Å²) in [7, 11) is 0. The van der Waals surface area contributed by atoms with Crippen LogP contribution in [0.5, 0.6) is 5.75 Å². The lowest BCUT2D eigenvalue weighted by Gasteiger charge is -2.37. The van der Waals surface area contributed by atoms with Crippen molar-refractivity contribution >= 4 is 35.0 Å². The molecular formula is C35H47ClN6O4. The van der Waals surface area contributed by atoms with Gasteiger partial charge in [0.2, 0.25) is 5.69 Å². The number of ether oxygens (including phenoxy) is 2. The number of piperazine rings is 1. The first-order chi connectivity index (χ1) is 22.1. The molecular weight excluding hydrogens is 604 g/mol. The van der Waals surface area contributed by atoms with Crippen LogP contribution in [-0.2, 0) is 4.74 Å². The molecule has 0 spiro atoms. The van der Waals surface area contributed by atoms with Gasteiger partial charge >= 0.3 is 6.09 Å². The molecule has 11 heteroatoms. The van der Waals surface area contributed by atoms with E-state index in [0.29, 0.717) is 40.4 Å². The fourth-order valence-electron chi connectivity index (χ4n) is 6.60. The van der Waals surface area contributed by atoms with E-state index in [1.165, 1.54) is 0 Å². The number of ketones is 1. The van der Waals surface area contributed by atoms with Crippen molar-refractivity contribution in [3.63, 3.8) is 0 Å². The molecule has 2 aliphatic heterocycles. The zero-order chi connectivity index (χ0) is 32.7. The van der Waals surface area contributed by atoms with Gasteiger partial charge in [-0.3, -0.25) is 9.69 Å². The molecule has 3 fully saturated rings. The molecule has 1 amide bonds. The predicted octanol–water partition coefficient (Wildman–Crippen LogP) is 7.05. The molecule has 3 heterocycles. The summed E-state index contributed by atoms with van der Waals surface area (Å²) in [4.78, 5) is 35.3. The summed E-state index contributed by atoms with van der Waals surface area (Å²) in [5, 5.41) is 9.17. The average molecular weight is 651 g/mol. The number of hydrogen-bond donors (Lipinski definition) is 0. The van der Waals surface area contributed by atoms with Crippen LogP contribution < -0.4 is 9.64 Å². The van der Waals surface area contributed by atoms with Crippen LogP contribution in [0.1, 0.15) is 82.6 Å². The lowest BCUT2D eigenvalue weighted by atomic mass is 9.84. The third-order valence-corrected chi connectivity index (χ3v) is 9.67. The average Bonchev–Trinajstić information content (AvgIpc) is 3.04. The Balaban J connectivity index is 0.979. The molecule has 1 aliphatic carbocycles. The first-order valence-corrected chi connectivity index (χ1v) is 17.1. The van der Waals surface area contributed by atoms with E-state index in [9.17, 15) is 9.59 Å². The number of benzene rings is 1. The highest BCUT2D eigenvalue weighted by Crippen LogP contribution is 2.34. The van der Waals surface area contributed by atoms with Crippen molar-refractivity contribution in [3.8, 4) is 5.75 Å². The van der Waals surface area contributed by atoms with Crippen molar-refractivity contribution in [3.05, 3.63) is 52.5 Å². The molecule has 10 nitrogen and oxygen atoms in total. The highest BCUT2D eigenvalue weighted by molar-refractivity contribution is 6.33. The van der Waals surface area contributed by atoms with Crippen LogP contribution in [0.25, 0.3) is 4.85 Å². The number of Topliss-reactive ketones (excluding diaryl/α,β-unsaturated/α-hetero) is 1. The van der Waals surface area contributed by atoms with E-state index in [-0.39, 0.29) is 18.0 Å². The van der Waals surface area contributed by atoms with Crippen LogP contribution in [0, 0.1) is 18.4 Å². The Morgan fingerprint density at radius 3 is 2.26 bits per heavy atom. The van der Waals surface area contributed by atoms with Crippen molar-refractivity contribution in [2.45, 2.75) is 83.8 Å². The number of hydrogen-bond acceptors (Lipinski definition) is 8. The number of carbonyl (C=O) groups is 2.